The molecular weight excluding hydrogens is 270 g/mol. The molecule has 0 bridgehead atoms. The summed E-state index contributed by atoms with van der Waals surface area (Å²) in [6.45, 7) is 2.10. The Labute approximate surface area is 120 Å². The van der Waals surface area contributed by atoms with Crippen molar-refractivity contribution < 1.29 is 13.7 Å². The summed E-state index contributed by atoms with van der Waals surface area (Å²) >= 11 is 0. The van der Waals surface area contributed by atoms with Crippen LogP contribution in [0.2, 0.25) is 0 Å². The van der Waals surface area contributed by atoms with Crippen LogP contribution in [0.15, 0.2) is 51.9 Å². The average molecular weight is 283 g/mol. The normalized spacial score (nSPS) is 10.5. The van der Waals surface area contributed by atoms with Crippen molar-refractivity contribution in [2.45, 2.75) is 13.5 Å². The van der Waals surface area contributed by atoms with Gasteiger partial charge in [-0.15, -0.1) is 0 Å². The second kappa shape index (κ2) is 5.62. The van der Waals surface area contributed by atoms with E-state index in [1.807, 2.05) is 12.1 Å². The van der Waals surface area contributed by atoms with E-state index in [0.717, 1.165) is 5.56 Å². The van der Waals surface area contributed by atoms with Crippen molar-refractivity contribution in [1.82, 2.24) is 15.5 Å². The minimum absolute atomic E-state index is 0.260. The van der Waals surface area contributed by atoms with E-state index < -0.39 is 0 Å². The van der Waals surface area contributed by atoms with Crippen LogP contribution in [-0.4, -0.2) is 16.0 Å². The number of amides is 1. The van der Waals surface area contributed by atoms with Gasteiger partial charge in [-0.3, -0.25) is 9.78 Å². The Morgan fingerprint density at radius 2 is 2.24 bits per heavy atom. The summed E-state index contributed by atoms with van der Waals surface area (Å²) in [7, 11) is 0. The molecule has 0 aliphatic heterocycles. The maximum atomic E-state index is 12.3. The molecule has 0 fully saturated rings. The summed E-state index contributed by atoms with van der Waals surface area (Å²) in [6, 6.07) is 7.16. The van der Waals surface area contributed by atoms with Crippen molar-refractivity contribution in [3.05, 3.63) is 59.7 Å². The molecular formula is C15H13N3O3. The van der Waals surface area contributed by atoms with Crippen LogP contribution in [0.1, 0.15) is 21.6 Å². The monoisotopic (exact) mass is 283 g/mol. The molecule has 6 heteroatoms. The number of aryl methyl sites for hydroxylation is 1. The fraction of sp³-hybridized carbons (Fsp3) is 0.133. The molecule has 0 aliphatic rings. The highest BCUT2D eigenvalue weighted by atomic mass is 16.5. The Kier molecular flexibility index (Phi) is 3.51. The van der Waals surface area contributed by atoms with Gasteiger partial charge in [0, 0.05) is 18.9 Å². The Hall–Kier alpha value is -2.89. The molecule has 1 N–H and O–H groups in total. The number of furan rings is 1. The highest BCUT2D eigenvalue weighted by molar-refractivity contribution is 6.00. The summed E-state index contributed by atoms with van der Waals surface area (Å²) in [6.07, 6.45) is 4.91. The van der Waals surface area contributed by atoms with Crippen molar-refractivity contribution in [2.24, 2.45) is 0 Å². The van der Waals surface area contributed by atoms with Crippen molar-refractivity contribution >= 4 is 5.91 Å². The largest absolute Gasteiger partial charge is 0.461 e. The second-order valence-electron chi connectivity index (χ2n) is 4.49. The van der Waals surface area contributed by atoms with Crippen LogP contribution in [0, 0.1) is 6.92 Å². The van der Waals surface area contributed by atoms with Crippen molar-refractivity contribution in [2.75, 3.05) is 0 Å². The quantitative estimate of drug-likeness (QED) is 0.795. The molecule has 1 amide bonds. The van der Waals surface area contributed by atoms with E-state index in [1.165, 1.54) is 6.26 Å². The molecule has 0 spiro atoms. The third-order valence-corrected chi connectivity index (χ3v) is 3.01. The SMILES string of the molecule is Cc1noc(-c2ccco2)c1C(=O)NCc1cccnc1. The molecule has 0 saturated carbocycles. The zero-order chi connectivity index (χ0) is 14.7. The topological polar surface area (TPSA) is 81.2 Å². The van der Waals surface area contributed by atoms with E-state index in [0.29, 0.717) is 29.3 Å². The van der Waals surface area contributed by atoms with E-state index in [1.54, 1.807) is 31.5 Å². The lowest BCUT2D eigenvalue weighted by Gasteiger charge is -2.04. The summed E-state index contributed by atoms with van der Waals surface area (Å²) in [5.74, 6) is 0.548. The Morgan fingerprint density at radius 3 is 2.95 bits per heavy atom. The molecule has 0 aromatic carbocycles. The molecule has 3 aromatic heterocycles. The predicted octanol–water partition coefficient (Wildman–Crippen LogP) is 2.57. The summed E-state index contributed by atoms with van der Waals surface area (Å²) in [5.41, 5.74) is 1.82. The summed E-state index contributed by atoms with van der Waals surface area (Å²) in [4.78, 5) is 16.3. The first-order chi connectivity index (χ1) is 10.3. The molecule has 3 aromatic rings. The van der Waals surface area contributed by atoms with Crippen molar-refractivity contribution in [1.29, 1.82) is 0 Å². The van der Waals surface area contributed by atoms with Crippen molar-refractivity contribution in [3.8, 4) is 11.5 Å². The van der Waals surface area contributed by atoms with Gasteiger partial charge in [0.15, 0.2) is 5.76 Å². The van der Waals surface area contributed by atoms with Gasteiger partial charge in [-0.25, -0.2) is 0 Å². The Bertz CT molecular complexity index is 733. The van der Waals surface area contributed by atoms with Gasteiger partial charge in [-0.1, -0.05) is 11.2 Å². The Balaban J connectivity index is 1.80. The number of hydrogen-bond donors (Lipinski definition) is 1. The lowest BCUT2D eigenvalue weighted by atomic mass is 10.1. The zero-order valence-corrected chi connectivity index (χ0v) is 11.4. The van der Waals surface area contributed by atoms with Crippen LogP contribution in [-0.2, 0) is 6.54 Å². The number of rotatable bonds is 4. The lowest BCUT2D eigenvalue weighted by molar-refractivity contribution is 0.0950. The summed E-state index contributed by atoms with van der Waals surface area (Å²) in [5, 5.41) is 6.66. The van der Waals surface area contributed by atoms with Crippen LogP contribution in [0.25, 0.3) is 11.5 Å². The van der Waals surface area contributed by atoms with Gasteiger partial charge in [0.1, 0.15) is 5.56 Å². The van der Waals surface area contributed by atoms with Gasteiger partial charge in [0.2, 0.25) is 5.76 Å². The predicted molar refractivity (Wildman–Crippen MR) is 74.3 cm³/mol. The number of pyridine rings is 1. The van der Waals surface area contributed by atoms with E-state index in [2.05, 4.69) is 15.5 Å². The summed E-state index contributed by atoms with van der Waals surface area (Å²) < 4.78 is 10.5. The maximum Gasteiger partial charge on any atom is 0.257 e. The van der Waals surface area contributed by atoms with E-state index in [9.17, 15) is 4.79 Å². The molecule has 21 heavy (non-hydrogen) atoms. The molecule has 0 aliphatic carbocycles. The van der Waals surface area contributed by atoms with Gasteiger partial charge in [-0.05, 0) is 30.7 Å². The van der Waals surface area contributed by atoms with Gasteiger partial charge < -0.3 is 14.3 Å². The molecule has 6 nitrogen and oxygen atoms in total. The third-order valence-electron chi connectivity index (χ3n) is 3.01. The molecule has 3 heterocycles. The van der Waals surface area contributed by atoms with Gasteiger partial charge in [0.05, 0.1) is 12.0 Å². The minimum atomic E-state index is -0.260. The van der Waals surface area contributed by atoms with Crippen LogP contribution < -0.4 is 5.32 Å². The fourth-order valence-electron chi connectivity index (χ4n) is 1.99. The highest BCUT2D eigenvalue weighted by Crippen LogP contribution is 2.26. The molecule has 0 radical (unpaired) electrons. The van der Waals surface area contributed by atoms with Crippen LogP contribution in [0.4, 0.5) is 0 Å². The number of aromatic nitrogens is 2. The fourth-order valence-corrected chi connectivity index (χ4v) is 1.99. The lowest BCUT2D eigenvalue weighted by Crippen LogP contribution is -2.23. The van der Waals surface area contributed by atoms with E-state index >= 15 is 0 Å². The molecule has 106 valence electrons. The molecule has 0 atom stereocenters. The first-order valence-electron chi connectivity index (χ1n) is 6.43. The van der Waals surface area contributed by atoms with Crippen LogP contribution in [0.3, 0.4) is 0 Å². The second-order valence-corrected chi connectivity index (χ2v) is 4.49. The molecule has 0 saturated heterocycles. The standard InChI is InChI=1S/C15H13N3O3/c1-10-13(14(21-18-10)12-5-3-7-20-12)15(19)17-9-11-4-2-6-16-8-11/h2-8H,9H2,1H3,(H,17,19). The van der Waals surface area contributed by atoms with Gasteiger partial charge in [-0.2, -0.15) is 0 Å². The molecule has 3 rings (SSSR count). The zero-order valence-electron chi connectivity index (χ0n) is 11.4. The average Bonchev–Trinajstić information content (AvgIpc) is 3.15. The van der Waals surface area contributed by atoms with Gasteiger partial charge >= 0.3 is 0 Å². The number of hydrogen-bond acceptors (Lipinski definition) is 5. The Morgan fingerprint density at radius 1 is 1.33 bits per heavy atom. The highest BCUT2D eigenvalue weighted by Gasteiger charge is 2.23. The number of nitrogens with one attached hydrogen (secondary N) is 1. The molecule has 0 unspecified atom stereocenters. The third kappa shape index (κ3) is 2.69. The number of nitrogens with zero attached hydrogens (tertiary/aromatic N) is 2. The number of carbonyl (C=O) groups excluding carboxylic acids is 1. The van der Waals surface area contributed by atoms with Gasteiger partial charge in [0.25, 0.3) is 5.91 Å². The smallest absolute Gasteiger partial charge is 0.257 e. The van der Waals surface area contributed by atoms with Crippen LogP contribution >= 0.6 is 0 Å². The van der Waals surface area contributed by atoms with Crippen molar-refractivity contribution in [3.63, 3.8) is 0 Å². The minimum Gasteiger partial charge on any atom is -0.461 e. The first kappa shape index (κ1) is 13.1. The number of carbonyl (C=O) groups is 1. The van der Waals surface area contributed by atoms with E-state index in [4.69, 9.17) is 8.94 Å². The van der Waals surface area contributed by atoms with E-state index in [-0.39, 0.29) is 5.91 Å². The van der Waals surface area contributed by atoms with Crippen LogP contribution in [0.5, 0.6) is 0 Å². The first-order valence-corrected chi connectivity index (χ1v) is 6.43. The maximum absolute atomic E-state index is 12.3.